The number of carbonyl (C=O) groups excluding carboxylic acids is 1. The van der Waals surface area contributed by atoms with Crippen LogP contribution in [-0.2, 0) is 26.0 Å². The maximum atomic E-state index is 13.8. The molecular formula is C26H29BrN2O5S2. The lowest BCUT2D eigenvalue weighted by molar-refractivity contribution is -0.133. The Morgan fingerprint density at radius 1 is 1.11 bits per heavy atom. The average Bonchev–Trinajstić information content (AvgIpc) is 3.37. The number of hydrogen-bond donors (Lipinski definition) is 0. The lowest BCUT2D eigenvalue weighted by Gasteiger charge is -2.37. The summed E-state index contributed by atoms with van der Waals surface area (Å²) in [4.78, 5) is 17.0. The van der Waals surface area contributed by atoms with Gasteiger partial charge in [0.2, 0.25) is 15.9 Å². The van der Waals surface area contributed by atoms with Gasteiger partial charge < -0.3 is 14.4 Å². The third-order valence-corrected chi connectivity index (χ3v) is 9.62. The molecule has 36 heavy (non-hydrogen) atoms. The molecule has 1 amide bonds. The van der Waals surface area contributed by atoms with Crippen LogP contribution in [0.15, 0.2) is 69.3 Å². The van der Waals surface area contributed by atoms with Crippen molar-refractivity contribution in [2.24, 2.45) is 0 Å². The highest BCUT2D eigenvalue weighted by molar-refractivity contribution is 9.10. The van der Waals surface area contributed by atoms with Crippen molar-refractivity contribution in [2.45, 2.75) is 23.8 Å². The fourth-order valence-electron chi connectivity index (χ4n) is 4.40. The van der Waals surface area contributed by atoms with Crippen LogP contribution in [0.5, 0.6) is 5.75 Å². The Morgan fingerprint density at radius 3 is 2.50 bits per heavy atom. The Balaban J connectivity index is 1.64. The van der Waals surface area contributed by atoms with Gasteiger partial charge in [0, 0.05) is 36.2 Å². The topological polar surface area (TPSA) is 76.2 Å². The predicted octanol–water partition coefficient (Wildman–Crippen LogP) is 4.72. The van der Waals surface area contributed by atoms with Crippen molar-refractivity contribution < 1.29 is 22.7 Å². The number of carbonyl (C=O) groups is 1. The minimum Gasteiger partial charge on any atom is -0.497 e. The summed E-state index contributed by atoms with van der Waals surface area (Å²) in [7, 11) is -0.687. The van der Waals surface area contributed by atoms with Gasteiger partial charge in [-0.05, 0) is 71.8 Å². The van der Waals surface area contributed by atoms with Gasteiger partial charge in [-0.15, -0.1) is 11.3 Å². The van der Waals surface area contributed by atoms with Crippen LogP contribution in [0, 0.1) is 0 Å². The first-order chi connectivity index (χ1) is 17.3. The molecule has 0 aliphatic carbocycles. The summed E-state index contributed by atoms with van der Waals surface area (Å²) < 4.78 is 39.5. The normalized spacial score (nSPS) is 15.7. The average molecular weight is 594 g/mol. The van der Waals surface area contributed by atoms with E-state index in [2.05, 4.69) is 22.0 Å². The molecule has 2 aromatic carbocycles. The minimum absolute atomic E-state index is 0.154. The van der Waals surface area contributed by atoms with E-state index in [-0.39, 0.29) is 29.9 Å². The standard InChI is InChI=1S/C26H29BrN2O5S2/c1-33-16-3-14-28(36(31,32)22-10-6-20(27)7-11-22)18-25(30)29-15-12-24-23(13-17-35-24)26(29)19-4-8-21(34-2)9-5-19/h4-11,13,17,26H,3,12,14-16,18H2,1-2H3. The Morgan fingerprint density at radius 2 is 1.83 bits per heavy atom. The van der Waals surface area contributed by atoms with Crippen LogP contribution in [0.1, 0.15) is 28.5 Å². The molecule has 1 aliphatic heterocycles. The molecule has 7 nitrogen and oxygen atoms in total. The zero-order valence-corrected chi connectivity index (χ0v) is 23.4. The number of fused-ring (bicyclic) bond motifs is 1. The SMILES string of the molecule is COCCCN(CC(=O)N1CCc2sccc2C1c1ccc(OC)cc1)S(=O)(=O)c1ccc(Br)cc1. The van der Waals surface area contributed by atoms with Crippen LogP contribution in [-0.4, -0.2) is 64.0 Å². The summed E-state index contributed by atoms with van der Waals surface area (Å²) in [6.45, 7) is 0.862. The molecule has 0 saturated carbocycles. The summed E-state index contributed by atoms with van der Waals surface area (Å²) in [6.07, 6.45) is 1.23. The third kappa shape index (κ3) is 5.84. The molecule has 0 bridgehead atoms. The minimum atomic E-state index is -3.88. The molecule has 0 spiro atoms. The Kier molecular flexibility index (Phi) is 8.84. The van der Waals surface area contributed by atoms with Crippen LogP contribution >= 0.6 is 27.3 Å². The highest BCUT2D eigenvalue weighted by Crippen LogP contribution is 2.38. The molecule has 1 atom stereocenters. The summed E-state index contributed by atoms with van der Waals surface area (Å²) in [5.74, 6) is 0.508. The van der Waals surface area contributed by atoms with Gasteiger partial charge in [-0.25, -0.2) is 8.42 Å². The second-order valence-corrected chi connectivity index (χ2v) is 12.3. The highest BCUT2D eigenvalue weighted by Gasteiger charge is 2.35. The van der Waals surface area contributed by atoms with Crippen molar-refractivity contribution in [1.29, 1.82) is 0 Å². The van der Waals surface area contributed by atoms with Crippen molar-refractivity contribution in [3.05, 3.63) is 80.5 Å². The maximum absolute atomic E-state index is 13.8. The quantitative estimate of drug-likeness (QED) is 0.318. The number of benzene rings is 2. The number of thiophene rings is 1. The van der Waals surface area contributed by atoms with Crippen molar-refractivity contribution in [3.63, 3.8) is 0 Å². The van der Waals surface area contributed by atoms with Crippen LogP contribution < -0.4 is 4.74 Å². The van der Waals surface area contributed by atoms with Crippen LogP contribution in [0.4, 0.5) is 0 Å². The summed E-state index contributed by atoms with van der Waals surface area (Å²) in [5.41, 5.74) is 2.05. The second-order valence-electron chi connectivity index (χ2n) is 8.45. The Hall–Kier alpha value is -2.24. The third-order valence-electron chi connectivity index (χ3n) is 6.24. The lowest BCUT2D eigenvalue weighted by atomic mass is 9.93. The number of methoxy groups -OCH3 is 2. The van der Waals surface area contributed by atoms with Crippen LogP contribution in [0.25, 0.3) is 0 Å². The van der Waals surface area contributed by atoms with Gasteiger partial charge in [0.25, 0.3) is 0 Å². The van der Waals surface area contributed by atoms with Gasteiger partial charge >= 0.3 is 0 Å². The first kappa shape index (κ1) is 26.8. The summed E-state index contributed by atoms with van der Waals surface area (Å²) in [5, 5.41) is 2.05. The van der Waals surface area contributed by atoms with E-state index in [4.69, 9.17) is 9.47 Å². The Bertz CT molecular complexity index is 1280. The molecule has 1 unspecified atom stereocenters. The molecule has 4 rings (SSSR count). The van der Waals surface area contributed by atoms with Crippen LogP contribution in [0.2, 0.25) is 0 Å². The first-order valence-electron chi connectivity index (χ1n) is 11.6. The van der Waals surface area contributed by atoms with E-state index in [1.165, 1.54) is 9.18 Å². The zero-order valence-electron chi connectivity index (χ0n) is 20.2. The molecule has 192 valence electrons. The molecule has 0 saturated heterocycles. The fourth-order valence-corrected chi connectivity index (χ4v) is 6.99. The van der Waals surface area contributed by atoms with E-state index >= 15 is 0 Å². The van der Waals surface area contributed by atoms with Gasteiger partial charge in [-0.1, -0.05) is 28.1 Å². The summed E-state index contributed by atoms with van der Waals surface area (Å²) >= 11 is 5.04. The van der Waals surface area contributed by atoms with Gasteiger partial charge in [-0.3, -0.25) is 4.79 Å². The van der Waals surface area contributed by atoms with Gasteiger partial charge in [-0.2, -0.15) is 4.31 Å². The van der Waals surface area contributed by atoms with E-state index in [1.54, 1.807) is 54.7 Å². The Labute approximate surface area is 224 Å². The zero-order chi connectivity index (χ0) is 25.7. The van der Waals surface area contributed by atoms with E-state index in [0.717, 1.165) is 27.8 Å². The number of halogens is 1. The first-order valence-corrected chi connectivity index (χ1v) is 14.7. The van der Waals surface area contributed by atoms with Crippen molar-refractivity contribution >= 4 is 43.2 Å². The number of rotatable bonds is 10. The maximum Gasteiger partial charge on any atom is 0.243 e. The van der Waals surface area contributed by atoms with Crippen LogP contribution in [0.3, 0.4) is 0 Å². The number of nitrogens with zero attached hydrogens (tertiary/aromatic N) is 2. The van der Waals surface area contributed by atoms with E-state index in [0.29, 0.717) is 19.6 Å². The molecule has 1 aliphatic rings. The number of amides is 1. The molecule has 3 aromatic rings. The number of ether oxygens (including phenoxy) is 2. The van der Waals surface area contributed by atoms with Crippen molar-refractivity contribution in [3.8, 4) is 5.75 Å². The smallest absolute Gasteiger partial charge is 0.243 e. The van der Waals surface area contributed by atoms with E-state index in [1.807, 2.05) is 29.6 Å². The molecule has 10 heteroatoms. The van der Waals surface area contributed by atoms with Gasteiger partial charge in [0.15, 0.2) is 0 Å². The van der Waals surface area contributed by atoms with E-state index in [9.17, 15) is 13.2 Å². The largest absolute Gasteiger partial charge is 0.497 e. The molecule has 2 heterocycles. The van der Waals surface area contributed by atoms with Gasteiger partial charge in [0.05, 0.1) is 24.6 Å². The molecule has 0 N–H and O–H groups in total. The lowest BCUT2D eigenvalue weighted by Crippen LogP contribution is -2.47. The van der Waals surface area contributed by atoms with Crippen molar-refractivity contribution in [2.75, 3.05) is 40.5 Å². The molecule has 0 fully saturated rings. The monoisotopic (exact) mass is 592 g/mol. The van der Waals surface area contributed by atoms with Gasteiger partial charge in [0.1, 0.15) is 5.75 Å². The highest BCUT2D eigenvalue weighted by atomic mass is 79.9. The number of sulfonamides is 1. The fraction of sp³-hybridized carbons (Fsp3) is 0.346. The number of hydrogen-bond acceptors (Lipinski definition) is 6. The molecule has 1 aromatic heterocycles. The second kappa shape index (κ2) is 11.9. The molecule has 0 radical (unpaired) electrons. The van der Waals surface area contributed by atoms with E-state index < -0.39 is 10.0 Å². The van der Waals surface area contributed by atoms with Crippen molar-refractivity contribution in [1.82, 2.24) is 9.21 Å². The molecular weight excluding hydrogens is 564 g/mol. The summed E-state index contributed by atoms with van der Waals surface area (Å²) in [6, 6.07) is 15.9. The predicted molar refractivity (Wildman–Crippen MR) is 144 cm³/mol.